The molecule has 0 aliphatic carbocycles. The molecule has 7 nitrogen and oxygen atoms in total. The van der Waals surface area contributed by atoms with Gasteiger partial charge in [0, 0.05) is 11.8 Å². The fourth-order valence-electron chi connectivity index (χ4n) is 4.15. The molecule has 1 amide bonds. The van der Waals surface area contributed by atoms with Gasteiger partial charge >= 0.3 is 0 Å². The number of hydrogen-bond acceptors (Lipinski definition) is 5. The molecule has 156 valence electrons. The largest absolute Gasteiger partial charge is 0.497 e. The average Bonchev–Trinajstić information content (AvgIpc) is 3.14. The molecule has 1 atom stereocenters. The van der Waals surface area contributed by atoms with Crippen LogP contribution < -0.4 is 14.4 Å². The van der Waals surface area contributed by atoms with E-state index in [1.165, 1.54) is 0 Å². The van der Waals surface area contributed by atoms with Crippen molar-refractivity contribution in [1.29, 1.82) is 0 Å². The number of benzene rings is 1. The van der Waals surface area contributed by atoms with Crippen LogP contribution >= 0.6 is 0 Å². The predicted molar refractivity (Wildman–Crippen MR) is 118 cm³/mol. The number of aromatic nitrogens is 3. The van der Waals surface area contributed by atoms with Crippen molar-refractivity contribution < 1.29 is 14.3 Å². The van der Waals surface area contributed by atoms with E-state index in [2.05, 4.69) is 4.98 Å². The molecular formula is C24H22N4O3. The van der Waals surface area contributed by atoms with Gasteiger partial charge in [0.05, 0.1) is 30.2 Å². The smallest absolute Gasteiger partial charge is 0.266 e. The van der Waals surface area contributed by atoms with Gasteiger partial charge in [0.1, 0.15) is 11.4 Å². The second kappa shape index (κ2) is 7.43. The zero-order valence-electron chi connectivity index (χ0n) is 17.6. The van der Waals surface area contributed by atoms with Crippen molar-refractivity contribution in [3.63, 3.8) is 0 Å². The topological polar surface area (TPSA) is 69.0 Å². The Kier molecular flexibility index (Phi) is 4.58. The predicted octanol–water partition coefficient (Wildman–Crippen LogP) is 4.20. The quantitative estimate of drug-likeness (QED) is 0.501. The number of carbonyl (C=O) groups excluding carboxylic acids is 1. The minimum atomic E-state index is -0.277. The summed E-state index contributed by atoms with van der Waals surface area (Å²) in [7, 11) is 1.63. The molecular weight excluding hydrogens is 392 g/mol. The maximum atomic E-state index is 13.0. The molecule has 7 heteroatoms. The van der Waals surface area contributed by atoms with Crippen LogP contribution in [0.15, 0.2) is 60.8 Å². The molecule has 4 aromatic rings. The van der Waals surface area contributed by atoms with Gasteiger partial charge in [0.15, 0.2) is 18.2 Å². The molecule has 1 unspecified atom stereocenters. The van der Waals surface area contributed by atoms with Gasteiger partial charge in [0.2, 0.25) is 0 Å². The van der Waals surface area contributed by atoms with Crippen LogP contribution in [0.5, 0.6) is 11.5 Å². The van der Waals surface area contributed by atoms with Crippen LogP contribution in [0.1, 0.15) is 24.4 Å². The molecule has 31 heavy (non-hydrogen) atoms. The minimum absolute atomic E-state index is 0.0205. The van der Waals surface area contributed by atoms with E-state index >= 15 is 0 Å². The highest BCUT2D eigenvalue weighted by atomic mass is 16.5. The molecule has 0 spiro atoms. The van der Waals surface area contributed by atoms with Crippen LogP contribution in [-0.2, 0) is 4.79 Å². The van der Waals surface area contributed by atoms with Gasteiger partial charge in [-0.1, -0.05) is 18.2 Å². The Balaban J connectivity index is 1.62. The first-order valence-electron chi connectivity index (χ1n) is 10.1. The summed E-state index contributed by atoms with van der Waals surface area (Å²) in [6.07, 6.45) is 1.97. The first-order valence-corrected chi connectivity index (χ1v) is 10.1. The van der Waals surface area contributed by atoms with Crippen LogP contribution in [0, 0.1) is 6.92 Å². The van der Waals surface area contributed by atoms with Crippen molar-refractivity contribution in [1.82, 2.24) is 14.4 Å². The molecule has 3 aromatic heterocycles. The van der Waals surface area contributed by atoms with E-state index in [1.807, 2.05) is 79.0 Å². The Bertz CT molecular complexity index is 1300. The maximum Gasteiger partial charge on any atom is 0.266 e. The fraction of sp³-hybridized carbons (Fsp3) is 0.208. The van der Waals surface area contributed by atoms with Crippen molar-refractivity contribution in [2.75, 3.05) is 18.6 Å². The van der Waals surface area contributed by atoms with Crippen LogP contribution in [-0.4, -0.2) is 34.0 Å². The van der Waals surface area contributed by atoms with Gasteiger partial charge in [-0.05, 0) is 50.2 Å². The number of aryl methyl sites for hydroxylation is 1. The van der Waals surface area contributed by atoms with E-state index in [9.17, 15) is 4.79 Å². The summed E-state index contributed by atoms with van der Waals surface area (Å²) in [4.78, 5) is 24.2. The molecule has 4 heterocycles. The van der Waals surface area contributed by atoms with E-state index in [-0.39, 0.29) is 18.6 Å². The zero-order valence-corrected chi connectivity index (χ0v) is 17.6. The molecule has 0 fully saturated rings. The lowest BCUT2D eigenvalue weighted by Gasteiger charge is -2.33. The first-order chi connectivity index (χ1) is 15.1. The number of nitrogens with zero attached hydrogens (tertiary/aromatic N) is 4. The molecule has 1 aliphatic rings. The third-order valence-electron chi connectivity index (χ3n) is 5.59. The van der Waals surface area contributed by atoms with Crippen LogP contribution in [0.3, 0.4) is 0 Å². The summed E-state index contributed by atoms with van der Waals surface area (Å²) >= 11 is 0. The molecule has 1 aliphatic heterocycles. The lowest BCUT2D eigenvalue weighted by atomic mass is 10.1. The third kappa shape index (κ3) is 3.18. The molecule has 0 radical (unpaired) electrons. The van der Waals surface area contributed by atoms with Gasteiger partial charge < -0.3 is 13.9 Å². The Hall–Kier alpha value is -3.87. The van der Waals surface area contributed by atoms with Gasteiger partial charge in [-0.15, -0.1) is 0 Å². The van der Waals surface area contributed by atoms with Crippen molar-refractivity contribution in [2.24, 2.45) is 0 Å². The average molecular weight is 414 g/mol. The minimum Gasteiger partial charge on any atom is -0.497 e. The number of anilines is 1. The number of methoxy groups -OCH3 is 1. The van der Waals surface area contributed by atoms with Crippen molar-refractivity contribution in [3.8, 4) is 22.8 Å². The Morgan fingerprint density at radius 3 is 2.81 bits per heavy atom. The summed E-state index contributed by atoms with van der Waals surface area (Å²) in [6, 6.07) is 17.0. The molecule has 5 rings (SSSR count). The third-order valence-corrected chi connectivity index (χ3v) is 5.59. The number of ether oxygens (including phenoxy) is 2. The van der Waals surface area contributed by atoms with E-state index < -0.39 is 0 Å². The number of hydrogen-bond donors (Lipinski definition) is 0. The van der Waals surface area contributed by atoms with E-state index in [0.29, 0.717) is 11.6 Å². The van der Waals surface area contributed by atoms with E-state index in [0.717, 1.165) is 34.0 Å². The lowest BCUT2D eigenvalue weighted by Crippen LogP contribution is -2.41. The summed E-state index contributed by atoms with van der Waals surface area (Å²) in [5, 5.41) is 0. The summed E-state index contributed by atoms with van der Waals surface area (Å²) in [5.74, 6) is 1.70. The van der Waals surface area contributed by atoms with Gasteiger partial charge in [0.25, 0.3) is 5.91 Å². The molecule has 0 N–H and O–H groups in total. The van der Waals surface area contributed by atoms with Crippen LogP contribution in [0.2, 0.25) is 0 Å². The molecule has 1 aromatic carbocycles. The number of fused-ring (bicyclic) bond motifs is 2. The molecule has 0 saturated carbocycles. The maximum absolute atomic E-state index is 13.0. The van der Waals surface area contributed by atoms with Crippen molar-refractivity contribution >= 4 is 17.4 Å². The number of amides is 1. The normalized spacial score (nSPS) is 14.3. The van der Waals surface area contributed by atoms with E-state index in [4.69, 9.17) is 14.5 Å². The van der Waals surface area contributed by atoms with Gasteiger partial charge in [-0.25, -0.2) is 9.97 Å². The first kappa shape index (κ1) is 19.1. The lowest BCUT2D eigenvalue weighted by molar-refractivity contribution is -0.121. The standard InChI is InChI=1S/C24H22N4O3/c1-15-23(27-12-5-4-9-21(27)25-15)16(2)28-22(29)14-31-20-11-10-19(26-24(20)28)17-7-6-8-18(13-17)30-3/h4-13,16H,14H2,1-3H3. The summed E-state index contributed by atoms with van der Waals surface area (Å²) in [5.41, 5.74) is 4.32. The van der Waals surface area contributed by atoms with Gasteiger partial charge in [-0.3, -0.25) is 9.69 Å². The SMILES string of the molecule is COc1cccc(-c2ccc3c(n2)N(C(C)c2c(C)nc4ccccn24)C(=O)CO3)c1. The Morgan fingerprint density at radius 2 is 1.97 bits per heavy atom. The molecule has 0 bridgehead atoms. The highest BCUT2D eigenvalue weighted by Crippen LogP contribution is 2.38. The Morgan fingerprint density at radius 1 is 1.10 bits per heavy atom. The second-order valence-electron chi connectivity index (χ2n) is 7.49. The molecule has 0 saturated heterocycles. The van der Waals surface area contributed by atoms with Crippen molar-refractivity contribution in [2.45, 2.75) is 19.9 Å². The number of rotatable bonds is 4. The second-order valence-corrected chi connectivity index (χ2v) is 7.49. The van der Waals surface area contributed by atoms with E-state index in [1.54, 1.807) is 12.0 Å². The highest BCUT2D eigenvalue weighted by molar-refractivity contribution is 5.97. The van der Waals surface area contributed by atoms with Crippen LogP contribution in [0.25, 0.3) is 16.9 Å². The number of carbonyl (C=O) groups is 1. The summed E-state index contributed by atoms with van der Waals surface area (Å²) < 4.78 is 13.1. The summed E-state index contributed by atoms with van der Waals surface area (Å²) in [6.45, 7) is 3.94. The fourth-order valence-corrected chi connectivity index (χ4v) is 4.15. The van der Waals surface area contributed by atoms with Crippen LogP contribution in [0.4, 0.5) is 5.82 Å². The Labute approximate surface area is 179 Å². The monoisotopic (exact) mass is 414 g/mol. The highest BCUT2D eigenvalue weighted by Gasteiger charge is 2.34. The van der Waals surface area contributed by atoms with Gasteiger partial charge in [-0.2, -0.15) is 0 Å². The number of pyridine rings is 2. The van der Waals surface area contributed by atoms with Crippen molar-refractivity contribution in [3.05, 3.63) is 72.2 Å². The number of imidazole rings is 1. The zero-order chi connectivity index (χ0) is 21.5.